The molecule has 0 atom stereocenters. The monoisotopic (exact) mass is 468 g/mol. The fourth-order valence-electron chi connectivity index (χ4n) is 2.40. The molecule has 0 bridgehead atoms. The van der Waals surface area contributed by atoms with Gasteiger partial charge in [-0.05, 0) is 42.5 Å². The van der Waals surface area contributed by atoms with E-state index in [4.69, 9.17) is 5.11 Å². The van der Waals surface area contributed by atoms with Gasteiger partial charge in [0.1, 0.15) is 0 Å². The van der Waals surface area contributed by atoms with E-state index in [2.05, 4.69) is 91.0 Å². The maximum Gasteiger partial charge on any atom is 0.384 e. The van der Waals surface area contributed by atoms with E-state index in [0.717, 1.165) is 0 Å². The van der Waals surface area contributed by atoms with E-state index in [1.54, 1.807) is 0 Å². The molecule has 0 saturated heterocycles. The molecule has 0 spiro atoms. The molecule has 0 amide bonds. The smallest absolute Gasteiger partial charge is 0.384 e. The summed E-state index contributed by atoms with van der Waals surface area (Å²) in [5, 5.41) is 2.82. The SMILES string of the molecule is O=S(=O)([O-])C(F)(F)C(F)=CCO.c1ccc([S+](c2ccccc2)c2ccccc2)cc1. The van der Waals surface area contributed by atoms with Gasteiger partial charge in [-0.1, -0.05) is 54.6 Å². The quantitative estimate of drug-likeness (QED) is 0.418. The first-order valence-corrected chi connectivity index (χ1v) is 11.5. The van der Waals surface area contributed by atoms with Gasteiger partial charge < -0.3 is 9.66 Å². The molecule has 0 saturated carbocycles. The summed E-state index contributed by atoms with van der Waals surface area (Å²) >= 11 is 0. The highest BCUT2D eigenvalue weighted by Crippen LogP contribution is 2.31. The Bertz CT molecular complexity index is 982. The lowest BCUT2D eigenvalue weighted by Crippen LogP contribution is -2.29. The molecule has 4 nitrogen and oxygen atoms in total. The predicted molar refractivity (Wildman–Crippen MR) is 112 cm³/mol. The molecule has 9 heteroatoms. The number of aliphatic hydroxyl groups is 1. The standard InChI is InChI=1S/C18H15S.C4H5F3O4S/c1-4-10-16(11-5-1)19(17-12-6-2-7-13-17)18-14-8-3-9-15-18;5-3(1-2-8)4(6,7)12(9,10)11/h1-15H;1,8H,2H2,(H,9,10,11)/q+1;/p-1. The van der Waals surface area contributed by atoms with Gasteiger partial charge >= 0.3 is 5.25 Å². The molecule has 3 aromatic rings. The van der Waals surface area contributed by atoms with Crippen LogP contribution in [0, 0.1) is 0 Å². The summed E-state index contributed by atoms with van der Waals surface area (Å²) in [6.07, 6.45) is -0.102. The van der Waals surface area contributed by atoms with E-state index < -0.39 is 27.8 Å². The molecule has 3 rings (SSSR count). The maximum absolute atomic E-state index is 12.1. The van der Waals surface area contributed by atoms with Crippen LogP contribution in [-0.4, -0.2) is 29.9 Å². The normalized spacial score (nSPS) is 12.3. The molecule has 0 aliphatic rings. The van der Waals surface area contributed by atoms with Gasteiger partial charge in [-0.25, -0.2) is 12.8 Å². The Morgan fingerprint density at radius 1 is 0.839 bits per heavy atom. The van der Waals surface area contributed by atoms with Crippen molar-refractivity contribution in [3.05, 3.63) is 103 Å². The Kier molecular flexibility index (Phi) is 8.88. The molecule has 3 aromatic carbocycles. The second kappa shape index (κ2) is 11.1. The molecule has 0 fully saturated rings. The van der Waals surface area contributed by atoms with E-state index in [-0.39, 0.29) is 17.0 Å². The first-order valence-electron chi connectivity index (χ1n) is 8.88. The molecule has 1 N–H and O–H groups in total. The lowest BCUT2D eigenvalue weighted by molar-refractivity contribution is 0.0916. The third-order valence-electron chi connectivity index (χ3n) is 3.80. The van der Waals surface area contributed by atoms with Crippen LogP contribution < -0.4 is 0 Å². The van der Waals surface area contributed by atoms with Crippen molar-refractivity contribution in [2.75, 3.05) is 6.61 Å². The molecule has 0 aliphatic carbocycles. The van der Waals surface area contributed by atoms with Crippen molar-refractivity contribution in [1.82, 2.24) is 0 Å². The highest BCUT2D eigenvalue weighted by atomic mass is 32.2. The van der Waals surface area contributed by atoms with E-state index in [9.17, 15) is 26.1 Å². The first kappa shape index (κ1) is 24.7. The van der Waals surface area contributed by atoms with Crippen molar-refractivity contribution in [3.63, 3.8) is 0 Å². The second-order valence-electron chi connectivity index (χ2n) is 5.95. The number of halogens is 3. The molecular formula is C22H19F3O4S2. The van der Waals surface area contributed by atoms with Gasteiger partial charge in [0.25, 0.3) is 0 Å². The zero-order valence-electron chi connectivity index (χ0n) is 16.1. The van der Waals surface area contributed by atoms with Gasteiger partial charge in [0.15, 0.2) is 30.6 Å². The lowest BCUT2D eigenvalue weighted by Gasteiger charge is -2.17. The van der Waals surface area contributed by atoms with Crippen LogP contribution in [0.3, 0.4) is 0 Å². The molecule has 0 unspecified atom stereocenters. The predicted octanol–water partition coefficient (Wildman–Crippen LogP) is 4.75. The number of aliphatic hydroxyl groups excluding tert-OH is 1. The van der Waals surface area contributed by atoms with Crippen LogP contribution in [0.1, 0.15) is 0 Å². The Morgan fingerprint density at radius 2 is 1.16 bits per heavy atom. The summed E-state index contributed by atoms with van der Waals surface area (Å²) in [7, 11) is -6.08. The van der Waals surface area contributed by atoms with Crippen LogP contribution in [0.4, 0.5) is 13.2 Å². The molecule has 0 aliphatic heterocycles. The Morgan fingerprint density at radius 3 is 1.42 bits per heavy atom. The molecule has 31 heavy (non-hydrogen) atoms. The third kappa shape index (κ3) is 6.70. The number of alkyl halides is 2. The minimum Gasteiger partial charge on any atom is -0.743 e. The van der Waals surface area contributed by atoms with Crippen LogP contribution in [0.5, 0.6) is 0 Å². The maximum atomic E-state index is 12.1. The van der Waals surface area contributed by atoms with Crippen LogP contribution >= 0.6 is 0 Å². The van der Waals surface area contributed by atoms with Gasteiger partial charge in [-0.2, -0.15) is 8.78 Å². The van der Waals surface area contributed by atoms with Gasteiger partial charge in [-0.15, -0.1) is 0 Å². The van der Waals surface area contributed by atoms with Crippen molar-refractivity contribution >= 4 is 21.0 Å². The third-order valence-corrected chi connectivity index (χ3v) is 6.85. The largest absolute Gasteiger partial charge is 0.743 e. The summed E-state index contributed by atoms with van der Waals surface area (Å²) in [6, 6.07) is 32.2. The zero-order valence-corrected chi connectivity index (χ0v) is 17.7. The van der Waals surface area contributed by atoms with Gasteiger partial charge in [0.2, 0.25) is 0 Å². The minimum absolute atomic E-state index is 0.0146. The minimum atomic E-state index is -6.06. The van der Waals surface area contributed by atoms with E-state index in [1.165, 1.54) is 14.7 Å². The van der Waals surface area contributed by atoms with E-state index >= 15 is 0 Å². The Balaban J connectivity index is 0.000000248. The topological polar surface area (TPSA) is 77.4 Å². The van der Waals surface area contributed by atoms with E-state index in [1.807, 2.05) is 0 Å². The Labute approximate surface area is 181 Å². The summed E-state index contributed by atoms with van der Waals surface area (Å²) in [4.78, 5) is 4.08. The zero-order chi connectivity index (χ0) is 22.9. The number of hydrogen-bond acceptors (Lipinski definition) is 4. The fourth-order valence-corrected chi connectivity index (χ4v) is 4.82. The highest BCUT2D eigenvalue weighted by Gasteiger charge is 2.42. The summed E-state index contributed by atoms with van der Waals surface area (Å²) in [5.41, 5.74) is 0. The average Bonchev–Trinajstić information content (AvgIpc) is 2.76. The van der Waals surface area contributed by atoms with Crippen LogP contribution in [0.15, 0.2) is 118 Å². The van der Waals surface area contributed by atoms with Crippen molar-refractivity contribution in [3.8, 4) is 0 Å². The number of hydrogen-bond donors (Lipinski definition) is 1. The van der Waals surface area contributed by atoms with Crippen molar-refractivity contribution in [1.29, 1.82) is 0 Å². The van der Waals surface area contributed by atoms with Crippen molar-refractivity contribution in [2.45, 2.75) is 19.9 Å². The molecular weight excluding hydrogens is 449 g/mol. The second-order valence-corrected chi connectivity index (χ2v) is 9.40. The van der Waals surface area contributed by atoms with E-state index in [0.29, 0.717) is 0 Å². The van der Waals surface area contributed by atoms with Gasteiger partial charge in [0, 0.05) is 0 Å². The van der Waals surface area contributed by atoms with Gasteiger partial charge in [0.05, 0.1) is 17.5 Å². The molecule has 0 aromatic heterocycles. The summed E-state index contributed by atoms with van der Waals surface area (Å²) < 4.78 is 65.3. The fraction of sp³-hybridized carbons (Fsp3) is 0.0909. The summed E-state index contributed by atoms with van der Waals surface area (Å²) in [5.74, 6) is -2.47. The average molecular weight is 469 g/mol. The van der Waals surface area contributed by atoms with Crippen molar-refractivity contribution < 1.29 is 31.2 Å². The van der Waals surface area contributed by atoms with Crippen LogP contribution in [0.2, 0.25) is 0 Å². The Hall–Kier alpha value is -2.59. The molecule has 0 radical (unpaired) electrons. The summed E-state index contributed by atoms with van der Waals surface area (Å²) in [6.45, 7) is -1.11. The number of rotatable bonds is 6. The molecule has 0 heterocycles. The van der Waals surface area contributed by atoms with Crippen LogP contribution in [-0.2, 0) is 21.0 Å². The molecule has 164 valence electrons. The highest BCUT2D eigenvalue weighted by molar-refractivity contribution is 7.97. The van der Waals surface area contributed by atoms with Crippen LogP contribution in [0.25, 0.3) is 0 Å². The van der Waals surface area contributed by atoms with Crippen molar-refractivity contribution in [2.24, 2.45) is 0 Å². The lowest BCUT2D eigenvalue weighted by atomic mass is 10.4. The number of benzene rings is 3. The first-order chi connectivity index (χ1) is 14.7. The van der Waals surface area contributed by atoms with Gasteiger partial charge in [-0.3, -0.25) is 0 Å².